The van der Waals surface area contributed by atoms with Crippen molar-refractivity contribution in [2.75, 3.05) is 19.6 Å². The molecule has 0 saturated heterocycles. The van der Waals surface area contributed by atoms with E-state index in [0.717, 1.165) is 32.1 Å². The fraction of sp³-hybridized carbons (Fsp3) is 0.500. The molecule has 0 aromatic heterocycles. The second-order valence-corrected chi connectivity index (χ2v) is 5.46. The van der Waals surface area contributed by atoms with Gasteiger partial charge in [-0.3, -0.25) is 14.4 Å². The van der Waals surface area contributed by atoms with Crippen molar-refractivity contribution < 1.29 is 14.4 Å². The van der Waals surface area contributed by atoms with Gasteiger partial charge in [0.15, 0.2) is 0 Å². The summed E-state index contributed by atoms with van der Waals surface area (Å²) in [6.45, 7) is 11.9. The third-order valence-electron chi connectivity index (χ3n) is 3.52. The first-order valence-corrected chi connectivity index (χ1v) is 8.24. The van der Waals surface area contributed by atoms with Crippen LogP contribution in [0.25, 0.3) is 0 Å². The molecule has 6 heteroatoms. The molecule has 0 atom stereocenters. The van der Waals surface area contributed by atoms with Crippen LogP contribution in [-0.2, 0) is 14.4 Å². The van der Waals surface area contributed by atoms with E-state index in [4.69, 9.17) is 0 Å². The summed E-state index contributed by atoms with van der Waals surface area (Å²) in [6.07, 6.45) is 8.59. The van der Waals surface area contributed by atoms with E-state index in [1.807, 2.05) is 0 Å². The topological polar surface area (TPSA) is 87.3 Å². The minimum atomic E-state index is -0.215. The monoisotopic (exact) mass is 335 g/mol. The van der Waals surface area contributed by atoms with Crippen LogP contribution in [0.4, 0.5) is 0 Å². The van der Waals surface area contributed by atoms with Crippen LogP contribution in [-0.4, -0.2) is 37.4 Å². The molecule has 134 valence electrons. The van der Waals surface area contributed by atoms with Crippen LogP contribution in [0.2, 0.25) is 0 Å². The van der Waals surface area contributed by atoms with Gasteiger partial charge >= 0.3 is 0 Å². The van der Waals surface area contributed by atoms with Crippen molar-refractivity contribution in [2.45, 2.75) is 32.1 Å². The highest BCUT2D eigenvalue weighted by molar-refractivity contribution is 5.87. The van der Waals surface area contributed by atoms with Gasteiger partial charge in [-0.05, 0) is 37.0 Å². The van der Waals surface area contributed by atoms with Crippen molar-refractivity contribution in [1.29, 1.82) is 0 Å². The van der Waals surface area contributed by atoms with Crippen LogP contribution >= 0.6 is 0 Å². The molecule has 0 aromatic rings. The molecule has 24 heavy (non-hydrogen) atoms. The molecule has 3 N–H and O–H groups in total. The highest BCUT2D eigenvalue weighted by Gasteiger charge is 2.10. The van der Waals surface area contributed by atoms with Crippen molar-refractivity contribution in [3.63, 3.8) is 0 Å². The van der Waals surface area contributed by atoms with Gasteiger partial charge in [-0.25, -0.2) is 0 Å². The molecule has 0 saturated carbocycles. The number of nitrogens with one attached hydrogen (secondary N) is 3. The Bertz CT molecular complexity index is 423. The van der Waals surface area contributed by atoms with Crippen molar-refractivity contribution in [1.82, 2.24) is 16.0 Å². The first-order chi connectivity index (χ1) is 11.5. The maximum Gasteiger partial charge on any atom is 0.243 e. The Morgan fingerprint density at radius 2 is 1.17 bits per heavy atom. The average molecular weight is 335 g/mol. The summed E-state index contributed by atoms with van der Waals surface area (Å²) >= 11 is 0. The molecule has 0 heterocycles. The summed E-state index contributed by atoms with van der Waals surface area (Å²) in [7, 11) is 0. The number of hydrogen-bond donors (Lipinski definition) is 3. The molecule has 0 rings (SSSR count). The van der Waals surface area contributed by atoms with E-state index in [1.54, 1.807) is 0 Å². The van der Waals surface area contributed by atoms with Crippen molar-refractivity contribution >= 4 is 17.7 Å². The van der Waals surface area contributed by atoms with E-state index in [2.05, 4.69) is 35.7 Å². The second-order valence-electron chi connectivity index (χ2n) is 5.46. The lowest BCUT2D eigenvalue weighted by atomic mass is 10.00. The van der Waals surface area contributed by atoms with Gasteiger partial charge in [0.25, 0.3) is 0 Å². The van der Waals surface area contributed by atoms with Gasteiger partial charge < -0.3 is 16.0 Å². The molecule has 0 aliphatic heterocycles. The van der Waals surface area contributed by atoms with E-state index in [0.29, 0.717) is 19.6 Å². The van der Waals surface area contributed by atoms with Gasteiger partial charge in [-0.1, -0.05) is 39.0 Å². The van der Waals surface area contributed by atoms with Crippen molar-refractivity contribution in [2.24, 2.45) is 5.92 Å². The Balaban J connectivity index is 3.97. The van der Waals surface area contributed by atoms with Gasteiger partial charge in [0.05, 0.1) is 0 Å². The van der Waals surface area contributed by atoms with Crippen molar-refractivity contribution in [3.8, 4) is 0 Å². The Morgan fingerprint density at radius 1 is 0.708 bits per heavy atom. The summed E-state index contributed by atoms with van der Waals surface area (Å²) < 4.78 is 0. The summed E-state index contributed by atoms with van der Waals surface area (Å²) in [6, 6.07) is 0. The number of rotatable bonds is 14. The van der Waals surface area contributed by atoms with Gasteiger partial charge in [0, 0.05) is 19.6 Å². The van der Waals surface area contributed by atoms with Gasteiger partial charge in [0.1, 0.15) is 0 Å². The zero-order valence-electron chi connectivity index (χ0n) is 14.3. The molecular weight excluding hydrogens is 306 g/mol. The predicted molar refractivity (Wildman–Crippen MR) is 96.2 cm³/mol. The fourth-order valence-electron chi connectivity index (χ4n) is 2.11. The lowest BCUT2D eigenvalue weighted by Gasteiger charge is -2.17. The molecule has 0 bridgehead atoms. The summed E-state index contributed by atoms with van der Waals surface area (Å²) in [5.74, 6) is -0.412. The van der Waals surface area contributed by atoms with Gasteiger partial charge in [-0.15, -0.1) is 0 Å². The second kappa shape index (κ2) is 14.2. The highest BCUT2D eigenvalue weighted by atomic mass is 16.2. The Labute approximate surface area is 144 Å². The third kappa shape index (κ3) is 12.2. The minimum Gasteiger partial charge on any atom is -0.353 e. The van der Waals surface area contributed by atoms with Crippen LogP contribution in [0.1, 0.15) is 32.1 Å². The van der Waals surface area contributed by atoms with Crippen LogP contribution < -0.4 is 16.0 Å². The first-order valence-electron chi connectivity index (χ1n) is 8.24. The maximum atomic E-state index is 11.3. The normalized spacial score (nSPS) is 9.88. The largest absolute Gasteiger partial charge is 0.353 e. The summed E-state index contributed by atoms with van der Waals surface area (Å²) in [5.41, 5.74) is 0. The lowest BCUT2D eigenvalue weighted by molar-refractivity contribution is -0.117. The zero-order valence-corrected chi connectivity index (χ0v) is 14.3. The number of hydrogen-bond acceptors (Lipinski definition) is 3. The number of carbonyl (C=O) groups is 3. The molecule has 6 nitrogen and oxygen atoms in total. The maximum absolute atomic E-state index is 11.3. The summed E-state index contributed by atoms with van der Waals surface area (Å²) in [4.78, 5) is 33.5. The Morgan fingerprint density at radius 3 is 1.67 bits per heavy atom. The molecule has 0 unspecified atom stereocenters. The molecule has 0 spiro atoms. The van der Waals surface area contributed by atoms with E-state index in [9.17, 15) is 14.4 Å². The number of amides is 3. The third-order valence-corrected chi connectivity index (χ3v) is 3.52. The average Bonchev–Trinajstić information content (AvgIpc) is 2.61. The van der Waals surface area contributed by atoms with Crippen LogP contribution in [0.3, 0.4) is 0 Å². The molecule has 0 aliphatic carbocycles. The number of carbonyl (C=O) groups excluding carboxylic acids is 3. The van der Waals surface area contributed by atoms with E-state index in [-0.39, 0.29) is 23.6 Å². The molecule has 0 fully saturated rings. The van der Waals surface area contributed by atoms with Gasteiger partial charge in [0.2, 0.25) is 17.7 Å². The molecule has 0 aromatic carbocycles. The van der Waals surface area contributed by atoms with Crippen LogP contribution in [0.15, 0.2) is 38.0 Å². The fourth-order valence-corrected chi connectivity index (χ4v) is 2.11. The standard InChI is InChI=1S/C18H29N3O3/c1-4-16(22)19-12-10-8-7-9-11-15(13-20-17(23)5-2)14-21-18(24)6-3/h4-6,15H,1-3,7-14H2,(H,19,22)(H,20,23)(H,21,24). The van der Waals surface area contributed by atoms with Crippen LogP contribution in [0, 0.1) is 5.92 Å². The van der Waals surface area contributed by atoms with Crippen molar-refractivity contribution in [3.05, 3.63) is 38.0 Å². The highest BCUT2D eigenvalue weighted by Crippen LogP contribution is 2.10. The molecule has 3 amide bonds. The smallest absolute Gasteiger partial charge is 0.243 e. The molecule has 0 radical (unpaired) electrons. The van der Waals surface area contributed by atoms with Crippen LogP contribution in [0.5, 0.6) is 0 Å². The SMILES string of the molecule is C=CC(=O)NCCCCCCC(CNC(=O)C=C)CNC(=O)C=C. The Kier molecular flexibility index (Phi) is 12.8. The van der Waals surface area contributed by atoms with E-state index in [1.165, 1.54) is 18.2 Å². The van der Waals surface area contributed by atoms with E-state index < -0.39 is 0 Å². The quantitative estimate of drug-likeness (QED) is 0.332. The minimum absolute atomic E-state index is 0.147. The first kappa shape index (κ1) is 21.6. The molecule has 0 aliphatic rings. The van der Waals surface area contributed by atoms with Gasteiger partial charge in [-0.2, -0.15) is 0 Å². The predicted octanol–water partition coefficient (Wildman–Crippen LogP) is 1.46. The number of unbranched alkanes of at least 4 members (excludes halogenated alkanes) is 3. The lowest BCUT2D eigenvalue weighted by Crippen LogP contribution is -2.35. The zero-order chi connectivity index (χ0) is 18.2. The summed E-state index contributed by atoms with van der Waals surface area (Å²) in [5, 5.41) is 8.27. The molecular formula is C18H29N3O3. The Hall–Kier alpha value is -2.37. The van der Waals surface area contributed by atoms with E-state index >= 15 is 0 Å².